The quantitative estimate of drug-likeness (QED) is 0.251. The standard InChI is InChI=1S/C32H20N2O/c1-2-7-21(8-3-1)29-18-19-30(35-29)27-16-15-26(24-10-4-5-11-25(24)27)28-17-14-23-13-12-22-9-6-20-33-31(22)32(23)34-28/h1-20H/i1D,2D,3D,7D,8D,18D,19D. The van der Waals surface area contributed by atoms with Gasteiger partial charge >= 0.3 is 0 Å². The van der Waals surface area contributed by atoms with E-state index in [2.05, 4.69) is 4.98 Å². The summed E-state index contributed by atoms with van der Waals surface area (Å²) in [6.07, 6.45) is 1.75. The molecule has 3 heterocycles. The highest BCUT2D eigenvalue weighted by atomic mass is 16.3. The SMILES string of the molecule is [2H]c1c(-c2c([2H])c([2H])c([2H])c([2H])c2[2H])oc(-c2ccc(-c3ccc4ccc5cccnc5c4n3)c3ccccc23)c1[2H]. The average molecular weight is 456 g/mol. The molecule has 0 amide bonds. The van der Waals surface area contributed by atoms with E-state index in [4.69, 9.17) is 19.0 Å². The van der Waals surface area contributed by atoms with Crippen molar-refractivity contribution in [3.05, 3.63) is 121 Å². The Morgan fingerprint density at radius 2 is 1.31 bits per heavy atom. The Hall–Kier alpha value is -4.76. The van der Waals surface area contributed by atoms with Crippen molar-refractivity contribution in [2.45, 2.75) is 0 Å². The van der Waals surface area contributed by atoms with Gasteiger partial charge in [-0.2, -0.15) is 0 Å². The number of aromatic nitrogens is 2. The fourth-order valence-corrected chi connectivity index (χ4v) is 4.46. The van der Waals surface area contributed by atoms with Crippen LogP contribution < -0.4 is 0 Å². The molecule has 0 saturated carbocycles. The molecular weight excluding hydrogens is 428 g/mol. The lowest BCUT2D eigenvalue weighted by atomic mass is 9.96. The van der Waals surface area contributed by atoms with E-state index in [1.54, 1.807) is 12.3 Å². The molecule has 3 heteroatoms. The molecule has 0 spiro atoms. The van der Waals surface area contributed by atoms with E-state index in [9.17, 15) is 0 Å². The van der Waals surface area contributed by atoms with Gasteiger partial charge in [-0.3, -0.25) is 4.98 Å². The van der Waals surface area contributed by atoms with E-state index in [1.165, 1.54) is 0 Å². The smallest absolute Gasteiger partial charge is 0.135 e. The summed E-state index contributed by atoms with van der Waals surface area (Å²) in [5, 5.41) is 3.57. The molecular formula is C32H20N2O. The summed E-state index contributed by atoms with van der Waals surface area (Å²) < 4.78 is 63.9. The summed E-state index contributed by atoms with van der Waals surface area (Å²) in [6, 6.07) is 20.1. The van der Waals surface area contributed by atoms with Crippen molar-refractivity contribution in [3.63, 3.8) is 0 Å². The van der Waals surface area contributed by atoms with E-state index in [-0.39, 0.29) is 29.2 Å². The van der Waals surface area contributed by atoms with Crippen LogP contribution in [0.1, 0.15) is 9.60 Å². The van der Waals surface area contributed by atoms with Gasteiger partial charge in [-0.25, -0.2) is 4.98 Å². The summed E-state index contributed by atoms with van der Waals surface area (Å²) in [6.45, 7) is 0. The molecule has 3 aromatic heterocycles. The Morgan fingerprint density at radius 1 is 0.600 bits per heavy atom. The van der Waals surface area contributed by atoms with Crippen LogP contribution in [-0.4, -0.2) is 9.97 Å². The van der Waals surface area contributed by atoms with E-state index >= 15 is 0 Å². The minimum Gasteiger partial charge on any atom is -0.456 e. The van der Waals surface area contributed by atoms with Gasteiger partial charge in [0.1, 0.15) is 11.5 Å². The fourth-order valence-electron chi connectivity index (χ4n) is 4.46. The van der Waals surface area contributed by atoms with Crippen LogP contribution in [-0.2, 0) is 0 Å². The number of benzene rings is 4. The van der Waals surface area contributed by atoms with Gasteiger partial charge in [-0.1, -0.05) is 84.8 Å². The van der Waals surface area contributed by atoms with E-state index < -0.39 is 30.2 Å². The Kier molecular flexibility index (Phi) is 3.13. The highest BCUT2D eigenvalue weighted by Crippen LogP contribution is 2.37. The third-order valence-corrected chi connectivity index (χ3v) is 6.10. The zero-order valence-corrected chi connectivity index (χ0v) is 18.3. The second kappa shape index (κ2) is 7.93. The number of fused-ring (bicyclic) bond motifs is 4. The molecule has 0 saturated heterocycles. The van der Waals surface area contributed by atoms with Gasteiger partial charge in [-0.05, 0) is 41.1 Å². The van der Waals surface area contributed by atoms with Gasteiger partial charge in [0.05, 0.1) is 26.3 Å². The Morgan fingerprint density at radius 3 is 2.17 bits per heavy atom. The highest BCUT2D eigenvalue weighted by molar-refractivity contribution is 6.06. The van der Waals surface area contributed by atoms with E-state index in [1.807, 2.05) is 66.7 Å². The third-order valence-electron chi connectivity index (χ3n) is 6.10. The summed E-state index contributed by atoms with van der Waals surface area (Å²) >= 11 is 0. The van der Waals surface area contributed by atoms with Gasteiger partial charge in [0.15, 0.2) is 0 Å². The van der Waals surface area contributed by atoms with Crippen molar-refractivity contribution in [2.75, 3.05) is 0 Å². The number of nitrogens with zero attached hydrogens (tertiary/aromatic N) is 2. The molecule has 0 aliphatic heterocycles. The van der Waals surface area contributed by atoms with Crippen LogP contribution in [0.15, 0.2) is 126 Å². The van der Waals surface area contributed by atoms with Crippen molar-refractivity contribution in [3.8, 4) is 33.9 Å². The minimum absolute atomic E-state index is 0.0752. The lowest BCUT2D eigenvalue weighted by molar-refractivity contribution is 0.598. The van der Waals surface area contributed by atoms with Crippen LogP contribution in [0.5, 0.6) is 0 Å². The second-order valence-electron chi connectivity index (χ2n) is 8.13. The lowest BCUT2D eigenvalue weighted by Crippen LogP contribution is -1.90. The summed E-state index contributed by atoms with van der Waals surface area (Å²) in [5.74, 6) is -0.165. The predicted molar refractivity (Wildman–Crippen MR) is 143 cm³/mol. The Labute approximate surface area is 212 Å². The Balaban J connectivity index is 1.43. The maximum absolute atomic E-state index is 8.70. The van der Waals surface area contributed by atoms with Crippen LogP contribution in [0.4, 0.5) is 0 Å². The molecule has 0 aliphatic rings. The van der Waals surface area contributed by atoms with Crippen LogP contribution in [0.3, 0.4) is 0 Å². The first-order valence-electron chi connectivity index (χ1n) is 14.6. The molecule has 164 valence electrons. The minimum atomic E-state index is -0.536. The summed E-state index contributed by atoms with van der Waals surface area (Å²) in [7, 11) is 0. The molecule has 3 nitrogen and oxygen atoms in total. The molecule has 35 heavy (non-hydrogen) atoms. The van der Waals surface area contributed by atoms with E-state index in [0.29, 0.717) is 5.56 Å². The number of hydrogen-bond acceptors (Lipinski definition) is 3. The first-order chi connectivity index (χ1) is 20.3. The third kappa shape index (κ3) is 3.29. The molecule has 0 N–H and O–H groups in total. The topological polar surface area (TPSA) is 38.9 Å². The zero-order valence-electron chi connectivity index (χ0n) is 25.3. The Bertz CT molecular complexity index is 2210. The maximum atomic E-state index is 8.70. The molecule has 0 unspecified atom stereocenters. The second-order valence-corrected chi connectivity index (χ2v) is 8.13. The normalized spacial score (nSPS) is 14.2. The molecule has 0 aliphatic carbocycles. The van der Waals surface area contributed by atoms with Crippen molar-refractivity contribution in [1.29, 1.82) is 0 Å². The van der Waals surface area contributed by atoms with Crippen LogP contribution in [0.25, 0.3) is 66.5 Å². The fraction of sp³-hybridized carbons (Fsp3) is 0. The summed E-state index contributed by atoms with van der Waals surface area (Å²) in [5.41, 5.74) is 3.51. The van der Waals surface area contributed by atoms with Crippen LogP contribution in [0, 0.1) is 0 Å². The number of hydrogen-bond donors (Lipinski definition) is 0. The summed E-state index contributed by atoms with van der Waals surface area (Å²) in [4.78, 5) is 9.56. The molecule has 0 radical (unpaired) electrons. The molecule has 7 aromatic rings. The largest absolute Gasteiger partial charge is 0.456 e. The van der Waals surface area contributed by atoms with E-state index in [0.717, 1.165) is 43.8 Å². The van der Waals surface area contributed by atoms with Gasteiger partial charge in [-0.15, -0.1) is 0 Å². The van der Waals surface area contributed by atoms with Crippen molar-refractivity contribution in [1.82, 2.24) is 9.97 Å². The molecule has 0 fully saturated rings. The molecule has 4 aromatic carbocycles. The van der Waals surface area contributed by atoms with Crippen molar-refractivity contribution < 1.29 is 14.0 Å². The predicted octanol–water partition coefficient (Wildman–Crippen LogP) is 8.53. The van der Waals surface area contributed by atoms with Crippen molar-refractivity contribution in [2.24, 2.45) is 0 Å². The maximum Gasteiger partial charge on any atom is 0.135 e. The monoisotopic (exact) mass is 455 g/mol. The zero-order chi connectivity index (χ0) is 29.3. The number of pyridine rings is 2. The molecule has 7 rings (SSSR count). The molecule has 0 atom stereocenters. The van der Waals surface area contributed by atoms with Crippen LogP contribution >= 0.6 is 0 Å². The van der Waals surface area contributed by atoms with Crippen molar-refractivity contribution >= 4 is 32.6 Å². The number of rotatable bonds is 3. The van der Waals surface area contributed by atoms with Gasteiger partial charge in [0.25, 0.3) is 0 Å². The molecule has 0 bridgehead atoms. The first-order valence-corrected chi connectivity index (χ1v) is 11.1. The number of furan rings is 1. The van der Waals surface area contributed by atoms with Gasteiger partial charge in [0.2, 0.25) is 0 Å². The average Bonchev–Trinajstić information content (AvgIpc) is 3.31. The van der Waals surface area contributed by atoms with Crippen LogP contribution in [0.2, 0.25) is 0 Å². The van der Waals surface area contributed by atoms with Gasteiger partial charge in [0, 0.05) is 33.7 Å². The first kappa shape index (κ1) is 13.8. The lowest BCUT2D eigenvalue weighted by Gasteiger charge is -2.11. The highest BCUT2D eigenvalue weighted by Gasteiger charge is 2.14. The van der Waals surface area contributed by atoms with Gasteiger partial charge < -0.3 is 4.42 Å².